The maximum absolute atomic E-state index is 10.6. The first-order chi connectivity index (χ1) is 7.56. The highest BCUT2D eigenvalue weighted by Gasteiger charge is 2.20. The number of aliphatic hydroxyl groups excluding tert-OH is 2. The number of rotatable bonds is 6. The third-order valence-electron chi connectivity index (χ3n) is 1.94. The minimum Gasteiger partial charge on any atom is -0.394 e. The summed E-state index contributed by atoms with van der Waals surface area (Å²) in [6.45, 7) is 1.06. The lowest BCUT2D eigenvalue weighted by Gasteiger charge is -2.14. The van der Waals surface area contributed by atoms with Crippen molar-refractivity contribution in [2.24, 2.45) is 0 Å². The van der Waals surface area contributed by atoms with Gasteiger partial charge in [-0.1, -0.05) is 4.98 Å². The maximum Gasteiger partial charge on any atom is 0.436 e. The quantitative estimate of drug-likeness (QED) is 0.512. The second-order valence-electron chi connectivity index (χ2n) is 3.16. The number of hydrogen-bond acceptors (Lipinski definition) is 6. The van der Waals surface area contributed by atoms with E-state index in [-0.39, 0.29) is 12.6 Å². The van der Waals surface area contributed by atoms with Crippen molar-refractivity contribution in [2.75, 3.05) is 13.2 Å². The Labute approximate surface area is 91.2 Å². The number of aromatic nitrogens is 2. The Bertz CT molecular complexity index is 353. The lowest BCUT2D eigenvalue weighted by Crippen LogP contribution is -2.22. The van der Waals surface area contributed by atoms with E-state index < -0.39 is 23.9 Å². The highest BCUT2D eigenvalue weighted by molar-refractivity contribution is 5.07. The lowest BCUT2D eigenvalue weighted by atomic mass is 10.4. The van der Waals surface area contributed by atoms with Gasteiger partial charge in [0.2, 0.25) is 0 Å². The number of ether oxygens (including phenoxy) is 1. The fourth-order valence-electron chi connectivity index (χ4n) is 1.11. The summed E-state index contributed by atoms with van der Waals surface area (Å²) >= 11 is 0. The second-order valence-corrected chi connectivity index (χ2v) is 3.16. The van der Waals surface area contributed by atoms with Crippen LogP contribution < -0.4 is 0 Å². The highest BCUT2D eigenvalue weighted by atomic mass is 16.6. The Hall–Kier alpha value is -1.51. The molecule has 0 fully saturated rings. The summed E-state index contributed by atoms with van der Waals surface area (Å²) in [4.78, 5) is 13.5. The molecule has 8 nitrogen and oxygen atoms in total. The van der Waals surface area contributed by atoms with E-state index in [9.17, 15) is 10.1 Å². The molecule has 0 aromatic carbocycles. The van der Waals surface area contributed by atoms with Crippen LogP contribution in [0.1, 0.15) is 13.2 Å². The van der Waals surface area contributed by atoms with Gasteiger partial charge in [-0.05, 0) is 11.8 Å². The van der Waals surface area contributed by atoms with Gasteiger partial charge in [-0.2, -0.15) is 0 Å². The van der Waals surface area contributed by atoms with Crippen molar-refractivity contribution in [3.8, 4) is 0 Å². The summed E-state index contributed by atoms with van der Waals surface area (Å²) in [5.41, 5.74) is 0. The Morgan fingerprint density at radius 3 is 3.00 bits per heavy atom. The van der Waals surface area contributed by atoms with Crippen molar-refractivity contribution < 1.29 is 19.9 Å². The van der Waals surface area contributed by atoms with Crippen molar-refractivity contribution in [2.45, 2.75) is 19.3 Å². The molecule has 2 N–H and O–H groups in total. The van der Waals surface area contributed by atoms with E-state index in [1.165, 1.54) is 17.0 Å². The largest absolute Gasteiger partial charge is 0.436 e. The van der Waals surface area contributed by atoms with Crippen molar-refractivity contribution in [3.05, 3.63) is 22.5 Å². The van der Waals surface area contributed by atoms with Crippen LogP contribution in [0.5, 0.6) is 0 Å². The third kappa shape index (κ3) is 2.99. The van der Waals surface area contributed by atoms with Crippen LogP contribution in [0.25, 0.3) is 0 Å². The van der Waals surface area contributed by atoms with E-state index in [0.717, 1.165) is 0 Å². The molecule has 0 saturated carbocycles. The summed E-state index contributed by atoms with van der Waals surface area (Å²) in [5, 5.41) is 28.2. The van der Waals surface area contributed by atoms with Crippen LogP contribution in [0.4, 0.5) is 5.95 Å². The molecule has 2 unspecified atom stereocenters. The normalized spacial score (nSPS) is 14.7. The van der Waals surface area contributed by atoms with E-state index in [2.05, 4.69) is 4.98 Å². The molecular weight excluding hydrogens is 218 g/mol. The van der Waals surface area contributed by atoms with Gasteiger partial charge in [0.05, 0.1) is 13.2 Å². The maximum atomic E-state index is 10.6. The van der Waals surface area contributed by atoms with E-state index in [1.54, 1.807) is 6.92 Å². The zero-order chi connectivity index (χ0) is 12.1. The number of nitro groups is 1. The average molecular weight is 231 g/mol. The molecule has 0 aliphatic carbocycles. The highest BCUT2D eigenvalue weighted by Crippen LogP contribution is 2.16. The van der Waals surface area contributed by atoms with Gasteiger partial charge < -0.3 is 25.1 Å². The molecule has 0 spiro atoms. The van der Waals surface area contributed by atoms with E-state index >= 15 is 0 Å². The van der Waals surface area contributed by atoms with Crippen LogP contribution in [0.15, 0.2) is 12.4 Å². The average Bonchev–Trinajstić information content (AvgIpc) is 2.74. The molecule has 8 heteroatoms. The lowest BCUT2D eigenvalue weighted by molar-refractivity contribution is -0.398. The van der Waals surface area contributed by atoms with Gasteiger partial charge in [-0.3, -0.25) is 0 Å². The molecule has 2 atom stereocenters. The van der Waals surface area contributed by atoms with E-state index in [0.29, 0.717) is 0 Å². The predicted molar refractivity (Wildman–Crippen MR) is 52.6 cm³/mol. The first-order valence-corrected chi connectivity index (χ1v) is 4.64. The van der Waals surface area contributed by atoms with Crippen molar-refractivity contribution in [3.63, 3.8) is 0 Å². The molecular formula is C8H13N3O5. The minimum absolute atomic E-state index is 0.104. The van der Waals surface area contributed by atoms with Crippen molar-refractivity contribution >= 4 is 5.95 Å². The zero-order valence-electron chi connectivity index (χ0n) is 8.68. The van der Waals surface area contributed by atoms with Crippen molar-refractivity contribution in [1.29, 1.82) is 0 Å². The monoisotopic (exact) mass is 231 g/mol. The summed E-state index contributed by atoms with van der Waals surface area (Å²) in [6, 6.07) is 0. The van der Waals surface area contributed by atoms with Crippen LogP contribution in [0.3, 0.4) is 0 Å². The van der Waals surface area contributed by atoms with Gasteiger partial charge in [0.15, 0.2) is 6.23 Å². The van der Waals surface area contributed by atoms with Crippen molar-refractivity contribution in [1.82, 2.24) is 9.55 Å². The van der Waals surface area contributed by atoms with Crippen LogP contribution in [0.2, 0.25) is 0 Å². The molecule has 0 saturated heterocycles. The van der Waals surface area contributed by atoms with Gasteiger partial charge in [-0.25, -0.2) is 4.57 Å². The van der Waals surface area contributed by atoms with Gasteiger partial charge in [0, 0.05) is 0 Å². The Morgan fingerprint density at radius 1 is 1.75 bits per heavy atom. The molecule has 90 valence electrons. The van der Waals surface area contributed by atoms with E-state index in [4.69, 9.17) is 14.9 Å². The standard InChI is InChI=1S/C8H13N3O5/c1-6(16-5-7(13)4-12)10-3-2-9-8(10)11(14)15/h2-3,6-7,12-13H,4-5H2,1H3. The van der Waals surface area contributed by atoms with Gasteiger partial charge in [0.25, 0.3) is 0 Å². The van der Waals surface area contributed by atoms with Crippen LogP contribution in [0, 0.1) is 10.1 Å². The number of imidazole rings is 1. The summed E-state index contributed by atoms with van der Waals surface area (Å²) in [7, 11) is 0. The summed E-state index contributed by atoms with van der Waals surface area (Å²) < 4.78 is 6.36. The molecule has 0 aliphatic rings. The smallest absolute Gasteiger partial charge is 0.394 e. The summed E-state index contributed by atoms with van der Waals surface area (Å²) in [6.07, 6.45) is 1.07. The molecule has 0 aliphatic heterocycles. The number of hydrogen-bond donors (Lipinski definition) is 2. The van der Waals surface area contributed by atoms with E-state index in [1.807, 2.05) is 0 Å². The molecule has 0 bridgehead atoms. The van der Waals surface area contributed by atoms with Crippen LogP contribution in [-0.2, 0) is 4.74 Å². The zero-order valence-corrected chi connectivity index (χ0v) is 8.68. The topological polar surface area (TPSA) is 111 Å². The fraction of sp³-hybridized carbons (Fsp3) is 0.625. The first-order valence-electron chi connectivity index (χ1n) is 4.64. The van der Waals surface area contributed by atoms with Gasteiger partial charge in [0.1, 0.15) is 18.5 Å². The molecule has 16 heavy (non-hydrogen) atoms. The number of aliphatic hydroxyl groups is 2. The summed E-state index contributed by atoms with van der Waals surface area (Å²) in [5.74, 6) is -0.328. The van der Waals surface area contributed by atoms with Crippen LogP contribution in [-0.4, -0.2) is 44.0 Å². The minimum atomic E-state index is -0.995. The second kappa shape index (κ2) is 5.54. The Kier molecular flexibility index (Phi) is 4.35. The molecule has 1 aromatic rings. The molecule has 1 heterocycles. The fourth-order valence-corrected chi connectivity index (χ4v) is 1.11. The molecule has 1 aromatic heterocycles. The number of nitrogens with zero attached hydrogens (tertiary/aromatic N) is 3. The van der Waals surface area contributed by atoms with Gasteiger partial charge >= 0.3 is 5.95 Å². The van der Waals surface area contributed by atoms with Gasteiger partial charge in [-0.15, -0.1) is 0 Å². The Balaban J connectivity index is 2.62. The third-order valence-corrected chi connectivity index (χ3v) is 1.94. The predicted octanol–water partition coefficient (Wildman–Crippen LogP) is -0.320. The SMILES string of the molecule is CC(OCC(O)CO)n1ccnc1[N+](=O)[O-]. The molecule has 0 radical (unpaired) electrons. The molecule has 1 rings (SSSR count). The first kappa shape index (κ1) is 12.6. The van der Waals surface area contributed by atoms with Crippen LogP contribution >= 0.6 is 0 Å². The molecule has 0 amide bonds. The Morgan fingerprint density at radius 2 is 2.44 bits per heavy atom.